The largest absolute Gasteiger partial charge is 0.383 e. The first-order chi connectivity index (χ1) is 7.29. The van der Waals surface area contributed by atoms with E-state index in [1.54, 1.807) is 7.11 Å². The summed E-state index contributed by atoms with van der Waals surface area (Å²) in [5.74, 6) is 0. The average Bonchev–Trinajstić information content (AvgIpc) is 2.27. The Bertz CT molecular complexity index is 291. The van der Waals surface area contributed by atoms with E-state index in [1.165, 1.54) is 11.3 Å². The van der Waals surface area contributed by atoms with Crippen LogP contribution in [0.15, 0.2) is 18.5 Å². The van der Waals surface area contributed by atoms with Crippen LogP contribution in [0.1, 0.15) is 5.56 Å². The highest BCUT2D eigenvalue weighted by atomic mass is 16.5. The van der Waals surface area contributed by atoms with Crippen molar-refractivity contribution in [1.82, 2.24) is 10.3 Å². The van der Waals surface area contributed by atoms with Crippen LogP contribution in [0.4, 0.5) is 5.69 Å². The standard InChI is InChI=1S/C11H19N3O/c1-12-8-10-9-13-5-4-11(10)14(2)6-7-15-3/h4-5,9,12H,6-8H2,1-3H3. The van der Waals surface area contributed by atoms with Gasteiger partial charge in [0.2, 0.25) is 0 Å². The maximum atomic E-state index is 5.06. The number of aromatic nitrogens is 1. The van der Waals surface area contributed by atoms with Gasteiger partial charge in [-0.2, -0.15) is 0 Å². The summed E-state index contributed by atoms with van der Waals surface area (Å²) in [5.41, 5.74) is 2.41. The van der Waals surface area contributed by atoms with Gasteiger partial charge in [0.05, 0.1) is 6.61 Å². The minimum atomic E-state index is 0.734. The first kappa shape index (κ1) is 11.9. The molecule has 1 heterocycles. The molecule has 0 aliphatic heterocycles. The van der Waals surface area contributed by atoms with Crippen molar-refractivity contribution in [3.8, 4) is 0 Å². The van der Waals surface area contributed by atoms with Crippen molar-refractivity contribution in [2.45, 2.75) is 6.54 Å². The number of anilines is 1. The van der Waals surface area contributed by atoms with Crippen LogP contribution in [0.2, 0.25) is 0 Å². The third kappa shape index (κ3) is 3.49. The highest BCUT2D eigenvalue weighted by Gasteiger charge is 2.05. The van der Waals surface area contributed by atoms with Gasteiger partial charge >= 0.3 is 0 Å². The Balaban J connectivity index is 2.72. The van der Waals surface area contributed by atoms with Crippen molar-refractivity contribution >= 4 is 5.69 Å². The molecule has 1 aromatic heterocycles. The second-order valence-electron chi connectivity index (χ2n) is 3.45. The predicted molar refractivity (Wildman–Crippen MR) is 62.1 cm³/mol. The van der Waals surface area contributed by atoms with Crippen LogP contribution in [0.25, 0.3) is 0 Å². The maximum Gasteiger partial charge on any atom is 0.0637 e. The first-order valence-electron chi connectivity index (χ1n) is 5.07. The van der Waals surface area contributed by atoms with E-state index in [0.717, 1.165) is 19.7 Å². The van der Waals surface area contributed by atoms with E-state index in [0.29, 0.717) is 0 Å². The van der Waals surface area contributed by atoms with Gasteiger partial charge in [0.25, 0.3) is 0 Å². The van der Waals surface area contributed by atoms with Crippen LogP contribution in [-0.2, 0) is 11.3 Å². The molecule has 0 amide bonds. The number of hydrogen-bond donors (Lipinski definition) is 1. The van der Waals surface area contributed by atoms with E-state index < -0.39 is 0 Å². The number of pyridine rings is 1. The predicted octanol–water partition coefficient (Wildman–Crippen LogP) is 0.884. The Morgan fingerprint density at radius 1 is 1.53 bits per heavy atom. The van der Waals surface area contributed by atoms with Crippen molar-refractivity contribution in [3.63, 3.8) is 0 Å². The maximum absolute atomic E-state index is 5.06. The molecule has 1 N–H and O–H groups in total. The zero-order valence-electron chi connectivity index (χ0n) is 9.66. The van der Waals surface area contributed by atoms with Gasteiger partial charge in [-0.25, -0.2) is 0 Å². The van der Waals surface area contributed by atoms with E-state index in [-0.39, 0.29) is 0 Å². The lowest BCUT2D eigenvalue weighted by Crippen LogP contribution is -2.24. The molecule has 1 rings (SSSR count). The SMILES string of the molecule is CNCc1cnccc1N(C)CCOC. The molecule has 0 fully saturated rings. The molecule has 0 saturated heterocycles. The van der Waals surface area contributed by atoms with Crippen LogP contribution in [0.3, 0.4) is 0 Å². The van der Waals surface area contributed by atoms with E-state index in [1.807, 2.05) is 25.5 Å². The van der Waals surface area contributed by atoms with Gasteiger partial charge in [0.1, 0.15) is 0 Å². The lowest BCUT2D eigenvalue weighted by Gasteiger charge is -2.21. The Morgan fingerprint density at radius 2 is 2.33 bits per heavy atom. The smallest absolute Gasteiger partial charge is 0.0637 e. The monoisotopic (exact) mass is 209 g/mol. The zero-order valence-corrected chi connectivity index (χ0v) is 9.66. The van der Waals surface area contributed by atoms with Crippen LogP contribution in [-0.4, -0.2) is 39.3 Å². The Morgan fingerprint density at radius 3 is 3.00 bits per heavy atom. The normalized spacial score (nSPS) is 10.3. The molecular formula is C11H19N3O. The molecule has 4 nitrogen and oxygen atoms in total. The highest BCUT2D eigenvalue weighted by Crippen LogP contribution is 2.17. The van der Waals surface area contributed by atoms with Crippen LogP contribution in [0.5, 0.6) is 0 Å². The molecule has 0 saturated carbocycles. The molecule has 15 heavy (non-hydrogen) atoms. The summed E-state index contributed by atoms with van der Waals surface area (Å²) in [6.45, 7) is 2.45. The Kier molecular flexibility index (Phi) is 5.07. The molecule has 0 aliphatic carbocycles. The number of hydrogen-bond acceptors (Lipinski definition) is 4. The Labute approximate surface area is 91.3 Å². The van der Waals surface area contributed by atoms with Crippen molar-refractivity contribution in [2.24, 2.45) is 0 Å². The summed E-state index contributed by atoms with van der Waals surface area (Å²) in [6.07, 6.45) is 3.72. The second kappa shape index (κ2) is 6.37. The first-order valence-corrected chi connectivity index (χ1v) is 5.07. The fourth-order valence-electron chi connectivity index (χ4n) is 1.47. The van der Waals surface area contributed by atoms with E-state index in [4.69, 9.17) is 4.74 Å². The number of methoxy groups -OCH3 is 1. The van der Waals surface area contributed by atoms with Crippen molar-refractivity contribution in [2.75, 3.05) is 39.3 Å². The van der Waals surface area contributed by atoms with Crippen molar-refractivity contribution in [3.05, 3.63) is 24.0 Å². The van der Waals surface area contributed by atoms with E-state index >= 15 is 0 Å². The summed E-state index contributed by atoms with van der Waals surface area (Å²) >= 11 is 0. The lowest BCUT2D eigenvalue weighted by atomic mass is 10.2. The van der Waals surface area contributed by atoms with Crippen LogP contribution in [0, 0.1) is 0 Å². The highest BCUT2D eigenvalue weighted by molar-refractivity contribution is 5.51. The molecule has 84 valence electrons. The Hall–Kier alpha value is -1.13. The topological polar surface area (TPSA) is 37.4 Å². The number of ether oxygens (including phenoxy) is 1. The summed E-state index contributed by atoms with van der Waals surface area (Å²) in [4.78, 5) is 6.31. The molecule has 1 aromatic rings. The third-order valence-corrected chi connectivity index (χ3v) is 2.29. The van der Waals surface area contributed by atoms with Crippen LogP contribution < -0.4 is 10.2 Å². The number of nitrogens with zero attached hydrogens (tertiary/aromatic N) is 2. The molecule has 0 aliphatic rings. The van der Waals surface area contributed by atoms with Gasteiger partial charge in [-0.3, -0.25) is 4.98 Å². The number of likely N-dealkylation sites (N-methyl/N-ethyl adjacent to an activating group) is 1. The number of rotatable bonds is 6. The lowest BCUT2D eigenvalue weighted by molar-refractivity contribution is 0.206. The summed E-state index contributed by atoms with van der Waals surface area (Å²) in [6, 6.07) is 2.03. The fourth-order valence-corrected chi connectivity index (χ4v) is 1.47. The van der Waals surface area contributed by atoms with Gasteiger partial charge < -0.3 is 15.0 Å². The van der Waals surface area contributed by atoms with Gasteiger partial charge in [-0.1, -0.05) is 0 Å². The quantitative estimate of drug-likeness (QED) is 0.755. The van der Waals surface area contributed by atoms with Gasteiger partial charge in [0.15, 0.2) is 0 Å². The molecular weight excluding hydrogens is 190 g/mol. The fraction of sp³-hybridized carbons (Fsp3) is 0.545. The molecule has 4 heteroatoms. The molecule has 0 unspecified atom stereocenters. The summed E-state index contributed by atoms with van der Waals surface area (Å²) < 4.78 is 5.06. The number of nitrogens with one attached hydrogen (secondary N) is 1. The van der Waals surface area contributed by atoms with E-state index in [2.05, 4.69) is 22.2 Å². The second-order valence-corrected chi connectivity index (χ2v) is 3.45. The molecule has 0 radical (unpaired) electrons. The van der Waals surface area contributed by atoms with Gasteiger partial charge in [-0.15, -0.1) is 0 Å². The third-order valence-electron chi connectivity index (χ3n) is 2.29. The van der Waals surface area contributed by atoms with Gasteiger partial charge in [-0.05, 0) is 13.1 Å². The zero-order chi connectivity index (χ0) is 11.1. The van der Waals surface area contributed by atoms with Gasteiger partial charge in [0, 0.05) is 50.9 Å². The average molecular weight is 209 g/mol. The molecule has 0 spiro atoms. The van der Waals surface area contributed by atoms with Crippen molar-refractivity contribution < 1.29 is 4.74 Å². The minimum absolute atomic E-state index is 0.734. The van der Waals surface area contributed by atoms with E-state index in [9.17, 15) is 0 Å². The summed E-state index contributed by atoms with van der Waals surface area (Å²) in [7, 11) is 5.72. The van der Waals surface area contributed by atoms with Crippen LogP contribution >= 0.6 is 0 Å². The molecule has 0 atom stereocenters. The van der Waals surface area contributed by atoms with Crippen molar-refractivity contribution in [1.29, 1.82) is 0 Å². The summed E-state index contributed by atoms with van der Waals surface area (Å²) in [5, 5.41) is 3.14. The molecule has 0 aromatic carbocycles. The molecule has 0 bridgehead atoms. The minimum Gasteiger partial charge on any atom is -0.383 e.